The summed E-state index contributed by atoms with van der Waals surface area (Å²) in [5.74, 6) is 0.111. The fourth-order valence-electron chi connectivity index (χ4n) is 4.86. The van der Waals surface area contributed by atoms with Crippen LogP contribution in [0, 0.1) is 13.8 Å². The molecule has 5 rings (SSSR count). The molecule has 9 heteroatoms. The maximum atomic E-state index is 13.0. The van der Waals surface area contributed by atoms with Gasteiger partial charge in [0.15, 0.2) is 5.65 Å². The summed E-state index contributed by atoms with van der Waals surface area (Å²) in [5.41, 5.74) is 6.79. The van der Waals surface area contributed by atoms with Crippen molar-refractivity contribution in [3.63, 3.8) is 0 Å². The van der Waals surface area contributed by atoms with Crippen LogP contribution in [-0.2, 0) is 4.79 Å². The van der Waals surface area contributed by atoms with Crippen molar-refractivity contribution in [2.75, 3.05) is 33.7 Å². The lowest BCUT2D eigenvalue weighted by molar-refractivity contribution is -0.130. The van der Waals surface area contributed by atoms with Crippen LogP contribution >= 0.6 is 0 Å². The van der Waals surface area contributed by atoms with Gasteiger partial charge >= 0.3 is 5.69 Å². The first kappa shape index (κ1) is 21.4. The Morgan fingerprint density at radius 3 is 2.64 bits per heavy atom. The van der Waals surface area contributed by atoms with Crippen LogP contribution in [0.4, 0.5) is 0 Å². The molecule has 0 radical (unpaired) electrons. The number of benzene rings is 1. The molecule has 172 valence electrons. The summed E-state index contributed by atoms with van der Waals surface area (Å²) < 4.78 is 3.69. The molecule has 1 aromatic carbocycles. The van der Waals surface area contributed by atoms with Crippen molar-refractivity contribution in [2.45, 2.75) is 32.7 Å². The molecule has 0 saturated carbocycles. The zero-order valence-electron chi connectivity index (χ0n) is 19.5. The fourth-order valence-corrected chi connectivity index (χ4v) is 4.86. The van der Waals surface area contributed by atoms with Crippen LogP contribution in [-0.4, -0.2) is 73.6 Å². The smallest absolute Gasteiger partial charge is 0.326 e. The highest BCUT2D eigenvalue weighted by atomic mass is 16.2. The molecule has 0 aliphatic carbocycles. The minimum Gasteiger partial charge on any atom is -0.348 e. The number of carbonyl (C=O) groups excluding carboxylic acids is 1. The number of aryl methyl sites for hydroxylation is 2. The van der Waals surface area contributed by atoms with Crippen LogP contribution in [0.25, 0.3) is 27.8 Å². The van der Waals surface area contributed by atoms with Crippen LogP contribution in [0.1, 0.15) is 30.0 Å². The van der Waals surface area contributed by atoms with Gasteiger partial charge in [0.1, 0.15) is 6.33 Å². The van der Waals surface area contributed by atoms with E-state index in [1.54, 1.807) is 29.8 Å². The molecule has 4 heterocycles. The number of hydrogen-bond acceptors (Lipinski definition) is 5. The third kappa shape index (κ3) is 3.82. The Hall–Kier alpha value is -3.46. The fraction of sp³-hybridized carbons (Fsp3) is 0.417. The van der Waals surface area contributed by atoms with E-state index in [0.29, 0.717) is 6.54 Å². The number of rotatable bonds is 4. The first-order valence-electron chi connectivity index (χ1n) is 11.3. The summed E-state index contributed by atoms with van der Waals surface area (Å²) in [6.45, 7) is 6.14. The van der Waals surface area contributed by atoms with E-state index < -0.39 is 0 Å². The van der Waals surface area contributed by atoms with Crippen molar-refractivity contribution in [1.29, 1.82) is 0 Å². The minimum absolute atomic E-state index is 0.0766. The van der Waals surface area contributed by atoms with Crippen molar-refractivity contribution in [3.05, 3.63) is 52.3 Å². The molecule has 33 heavy (non-hydrogen) atoms. The number of aromatic nitrogens is 5. The number of nitrogens with zero attached hydrogens (tertiary/aromatic N) is 6. The lowest BCUT2D eigenvalue weighted by Gasteiger charge is -2.32. The summed E-state index contributed by atoms with van der Waals surface area (Å²) in [6, 6.07) is 6.39. The first-order chi connectivity index (χ1) is 15.8. The highest BCUT2D eigenvalue weighted by molar-refractivity contribution is 5.85. The topological polar surface area (TPSA) is 91.5 Å². The molecule has 1 amide bonds. The second kappa shape index (κ2) is 8.15. The Labute approximate surface area is 191 Å². The number of likely N-dealkylation sites (tertiary alicyclic amines) is 1. The molecule has 9 nitrogen and oxygen atoms in total. The van der Waals surface area contributed by atoms with Gasteiger partial charge in [-0.1, -0.05) is 0 Å². The number of carbonyl (C=O) groups is 1. The van der Waals surface area contributed by atoms with Crippen LogP contribution in [0.15, 0.2) is 35.5 Å². The highest BCUT2D eigenvalue weighted by Crippen LogP contribution is 2.31. The number of imidazole rings is 1. The average Bonchev–Trinajstić information content (AvgIpc) is 3.37. The molecule has 1 aliphatic heterocycles. The van der Waals surface area contributed by atoms with E-state index in [-0.39, 0.29) is 17.6 Å². The van der Waals surface area contributed by atoms with Crippen molar-refractivity contribution in [2.24, 2.45) is 0 Å². The van der Waals surface area contributed by atoms with E-state index in [0.717, 1.165) is 64.9 Å². The monoisotopic (exact) mass is 447 g/mol. The second-order valence-electron chi connectivity index (χ2n) is 9.22. The maximum Gasteiger partial charge on any atom is 0.326 e. The van der Waals surface area contributed by atoms with Crippen molar-refractivity contribution in [1.82, 2.24) is 33.9 Å². The van der Waals surface area contributed by atoms with Crippen LogP contribution in [0.3, 0.4) is 0 Å². The third-order valence-electron chi connectivity index (χ3n) is 6.71. The maximum absolute atomic E-state index is 13.0. The normalized spacial score (nSPS) is 15.5. The second-order valence-corrected chi connectivity index (χ2v) is 9.22. The number of amides is 1. The molecular formula is C24H29N7O2. The Bertz CT molecular complexity index is 1400. The van der Waals surface area contributed by atoms with Gasteiger partial charge in [-0.25, -0.2) is 14.3 Å². The number of pyridine rings is 1. The summed E-state index contributed by atoms with van der Waals surface area (Å²) in [7, 11) is 3.56. The molecule has 0 unspecified atom stereocenters. The van der Waals surface area contributed by atoms with Gasteiger partial charge in [-0.3, -0.25) is 14.3 Å². The van der Waals surface area contributed by atoms with E-state index in [4.69, 9.17) is 0 Å². The summed E-state index contributed by atoms with van der Waals surface area (Å²) in [5, 5.41) is 4.29. The molecule has 0 bridgehead atoms. The molecule has 1 fully saturated rings. The van der Waals surface area contributed by atoms with Crippen LogP contribution in [0.5, 0.6) is 0 Å². The number of H-pyrrole nitrogens is 1. The SMILES string of the molecule is Cc1cc2c(cc1-c1cc(C)c3ncnn3c1)[nH]c(=O)n2C1CCN(CC(=O)N(C)C)CC1. The Kier molecular flexibility index (Phi) is 5.28. The summed E-state index contributed by atoms with van der Waals surface area (Å²) in [4.78, 5) is 36.1. The van der Waals surface area contributed by atoms with Gasteiger partial charge < -0.3 is 9.88 Å². The predicted octanol–water partition coefficient (Wildman–Crippen LogP) is 2.38. The Balaban J connectivity index is 1.45. The Morgan fingerprint density at radius 1 is 1.15 bits per heavy atom. The van der Waals surface area contributed by atoms with Gasteiger partial charge in [0, 0.05) is 45.0 Å². The molecule has 0 spiro atoms. The molecular weight excluding hydrogens is 418 g/mol. The van der Waals surface area contributed by atoms with Crippen molar-refractivity contribution >= 4 is 22.6 Å². The van der Waals surface area contributed by atoms with Gasteiger partial charge in [0.25, 0.3) is 0 Å². The van der Waals surface area contributed by atoms with Gasteiger partial charge in [0.2, 0.25) is 5.91 Å². The van der Waals surface area contributed by atoms with E-state index >= 15 is 0 Å². The van der Waals surface area contributed by atoms with Gasteiger partial charge in [-0.15, -0.1) is 0 Å². The average molecular weight is 448 g/mol. The van der Waals surface area contributed by atoms with E-state index in [2.05, 4.69) is 45.1 Å². The van der Waals surface area contributed by atoms with Gasteiger partial charge in [0.05, 0.1) is 17.6 Å². The Morgan fingerprint density at radius 2 is 1.91 bits per heavy atom. The summed E-state index contributed by atoms with van der Waals surface area (Å²) in [6.07, 6.45) is 5.22. The van der Waals surface area contributed by atoms with E-state index in [1.165, 1.54) is 0 Å². The van der Waals surface area contributed by atoms with Gasteiger partial charge in [-0.2, -0.15) is 5.10 Å². The zero-order valence-corrected chi connectivity index (χ0v) is 19.5. The number of likely N-dealkylation sites (N-methyl/N-ethyl adjacent to an activating group) is 1. The number of piperidine rings is 1. The predicted molar refractivity (Wildman–Crippen MR) is 127 cm³/mol. The zero-order chi connectivity index (χ0) is 23.3. The molecule has 3 aromatic heterocycles. The molecule has 4 aromatic rings. The van der Waals surface area contributed by atoms with Crippen molar-refractivity contribution < 1.29 is 4.79 Å². The summed E-state index contributed by atoms with van der Waals surface area (Å²) >= 11 is 0. The quantitative estimate of drug-likeness (QED) is 0.519. The molecule has 1 aliphatic rings. The van der Waals surface area contributed by atoms with Crippen LogP contribution < -0.4 is 5.69 Å². The lowest BCUT2D eigenvalue weighted by atomic mass is 9.99. The number of fused-ring (bicyclic) bond motifs is 2. The van der Waals surface area contributed by atoms with E-state index in [9.17, 15) is 9.59 Å². The lowest BCUT2D eigenvalue weighted by Crippen LogP contribution is -2.42. The number of hydrogen-bond donors (Lipinski definition) is 1. The largest absolute Gasteiger partial charge is 0.348 e. The third-order valence-corrected chi connectivity index (χ3v) is 6.71. The number of aromatic amines is 1. The number of nitrogens with one attached hydrogen (secondary N) is 1. The van der Waals surface area contributed by atoms with Crippen LogP contribution in [0.2, 0.25) is 0 Å². The highest BCUT2D eigenvalue weighted by Gasteiger charge is 2.25. The molecule has 1 N–H and O–H groups in total. The molecule has 1 saturated heterocycles. The minimum atomic E-state index is -0.0766. The molecule has 0 atom stereocenters. The van der Waals surface area contributed by atoms with Gasteiger partial charge in [-0.05, 0) is 61.6 Å². The standard InChI is InChI=1S/C24H29N7O2/c1-15-10-21-20(11-19(15)17-9-16(2)23-25-14-26-30(23)12-17)27-24(33)31(21)18-5-7-29(8-6-18)13-22(32)28(3)4/h9-12,14,18H,5-8,13H2,1-4H3,(H,27,33). The van der Waals surface area contributed by atoms with Crippen molar-refractivity contribution in [3.8, 4) is 11.1 Å². The first-order valence-corrected chi connectivity index (χ1v) is 11.3. The van der Waals surface area contributed by atoms with E-state index in [1.807, 2.05) is 17.7 Å².